The van der Waals surface area contributed by atoms with E-state index >= 15 is 0 Å². The molecule has 0 saturated heterocycles. The number of carbonyl (C=O) groups excluding carboxylic acids is 6. The minimum Gasteiger partial charge on any atom is -0.550 e. The minimum absolute atomic E-state index is 0. The number of allylic oxidation sites excluding steroid dienone is 8. The standard InChI is InChI=1S/4C18H34O2.2C8H16O2.2Sn/c4*1-2-3-4-5-6-7-8-9-10-11-12-13-14-15-16-17-18(19)20;2*1-3-5-6-7(4-2)8(9)10;;/h4*9-10H,2-8,11-17H2,1H3,(H,19,20);2*7H,3-6H2,1-2H3,(H,9,10);;/q;;;;;;+2;+4/p-6/b4*10-9-;;;;. The monoisotopic (exact) mass is 1650 g/mol. The van der Waals surface area contributed by atoms with Crippen LogP contribution in [-0.2, 0) is 28.8 Å². The Morgan fingerprint density at radius 1 is 0.216 bits per heavy atom. The fraction of sp³-hybridized carbons (Fsp3) is 0.841. The van der Waals surface area contributed by atoms with Crippen LogP contribution in [0.15, 0.2) is 48.6 Å². The van der Waals surface area contributed by atoms with Gasteiger partial charge in [0.15, 0.2) is 0 Å². The molecule has 0 saturated carbocycles. The van der Waals surface area contributed by atoms with Crippen LogP contribution in [0.1, 0.15) is 466 Å². The largest absolute Gasteiger partial charge is 4.00 e. The number of hydrogen-bond acceptors (Lipinski definition) is 12. The molecule has 0 aliphatic rings. The van der Waals surface area contributed by atoms with Gasteiger partial charge in [-0.1, -0.05) is 335 Å². The van der Waals surface area contributed by atoms with Crippen LogP contribution < -0.4 is 30.6 Å². The first kappa shape index (κ1) is 115. The van der Waals surface area contributed by atoms with E-state index in [0.29, 0.717) is 12.8 Å². The summed E-state index contributed by atoms with van der Waals surface area (Å²) in [7, 11) is 0. The Kier molecular flexibility index (Phi) is 121. The summed E-state index contributed by atoms with van der Waals surface area (Å²) in [5.74, 6) is -5.89. The Balaban J connectivity index is -0.000000176. The summed E-state index contributed by atoms with van der Waals surface area (Å²) in [6.07, 6.45) is 90.6. The van der Waals surface area contributed by atoms with Crippen molar-refractivity contribution in [2.24, 2.45) is 11.8 Å². The second kappa shape index (κ2) is 107. The second-order valence-electron chi connectivity index (χ2n) is 28.0. The maximum absolute atomic E-state index is 10.3. The number of aliphatic carboxylic acids is 6. The van der Waals surface area contributed by atoms with E-state index in [-0.39, 0.29) is 85.3 Å². The molecule has 2 unspecified atom stereocenters. The van der Waals surface area contributed by atoms with Crippen LogP contribution in [-0.4, -0.2) is 83.6 Å². The van der Waals surface area contributed by atoms with Gasteiger partial charge in [-0.05, 0) is 192 Å². The third-order valence-electron chi connectivity index (χ3n) is 18.0. The van der Waals surface area contributed by atoms with Gasteiger partial charge in [0, 0.05) is 35.8 Å². The average molecular weight is 1650 g/mol. The van der Waals surface area contributed by atoms with Crippen molar-refractivity contribution in [2.75, 3.05) is 0 Å². The molecule has 0 rings (SSSR count). The van der Waals surface area contributed by atoms with Crippen molar-refractivity contribution >= 4 is 83.6 Å². The molecule has 0 bridgehead atoms. The van der Waals surface area contributed by atoms with Gasteiger partial charge in [0.25, 0.3) is 0 Å². The van der Waals surface area contributed by atoms with E-state index in [1.165, 1.54) is 257 Å². The predicted molar refractivity (Wildman–Crippen MR) is 426 cm³/mol. The molecule has 2 atom stereocenters. The van der Waals surface area contributed by atoms with Crippen LogP contribution >= 0.6 is 0 Å². The summed E-state index contributed by atoms with van der Waals surface area (Å²) in [5.41, 5.74) is 0. The summed E-state index contributed by atoms with van der Waals surface area (Å²) in [5, 5.41) is 61.5. The number of carboxylic acids is 6. The van der Waals surface area contributed by atoms with Gasteiger partial charge in [0.1, 0.15) is 0 Å². The third-order valence-corrected chi connectivity index (χ3v) is 18.0. The van der Waals surface area contributed by atoms with Crippen LogP contribution in [0.4, 0.5) is 0 Å². The molecule has 102 heavy (non-hydrogen) atoms. The molecule has 0 aromatic heterocycles. The van der Waals surface area contributed by atoms with Crippen molar-refractivity contribution in [1.29, 1.82) is 0 Å². The maximum atomic E-state index is 10.3. The average Bonchev–Trinajstić information content (AvgIpc) is 1.30. The molecule has 0 spiro atoms. The summed E-state index contributed by atoms with van der Waals surface area (Å²) < 4.78 is 0. The molecule has 0 amide bonds. The number of hydrogen-bond donors (Lipinski definition) is 0. The van der Waals surface area contributed by atoms with Crippen molar-refractivity contribution in [3.8, 4) is 0 Å². The number of rotatable bonds is 70. The molecule has 0 aromatic carbocycles. The summed E-state index contributed by atoms with van der Waals surface area (Å²) in [4.78, 5) is 61.5. The van der Waals surface area contributed by atoms with Crippen molar-refractivity contribution in [3.63, 3.8) is 0 Å². The van der Waals surface area contributed by atoms with Crippen LogP contribution in [0.5, 0.6) is 0 Å². The zero-order chi connectivity index (χ0) is 75.5. The van der Waals surface area contributed by atoms with Gasteiger partial charge in [0.2, 0.25) is 0 Å². The van der Waals surface area contributed by atoms with Crippen molar-refractivity contribution in [1.82, 2.24) is 0 Å². The van der Waals surface area contributed by atoms with Gasteiger partial charge in [-0.3, -0.25) is 0 Å². The number of carbonyl (C=O) groups is 6. The zero-order valence-electron chi connectivity index (χ0n) is 67.9. The van der Waals surface area contributed by atoms with E-state index in [4.69, 9.17) is 0 Å². The molecule has 2 radical (unpaired) electrons. The van der Waals surface area contributed by atoms with Gasteiger partial charge in [-0.2, -0.15) is 0 Å². The first-order valence-electron chi connectivity index (χ1n) is 42.3. The Labute approximate surface area is 665 Å². The molecule has 12 nitrogen and oxygen atoms in total. The smallest absolute Gasteiger partial charge is 0.550 e. The molecule has 594 valence electrons. The zero-order valence-corrected chi connectivity index (χ0v) is 73.6. The molecule has 14 heteroatoms. The topological polar surface area (TPSA) is 241 Å². The molecule has 0 heterocycles. The molecule has 0 aliphatic heterocycles. The van der Waals surface area contributed by atoms with Crippen LogP contribution in [0.3, 0.4) is 0 Å². The second-order valence-corrected chi connectivity index (χ2v) is 28.0. The molecule has 0 N–H and O–H groups in total. The summed E-state index contributed by atoms with van der Waals surface area (Å²) in [6.45, 7) is 16.9. The van der Waals surface area contributed by atoms with Gasteiger partial charge < -0.3 is 59.4 Å². The van der Waals surface area contributed by atoms with E-state index in [9.17, 15) is 59.4 Å². The molecule has 0 fully saturated rings. The SMILES string of the molecule is CCCCC(CC)C(=O)[O-].CCCCC(CC)C(=O)[O-].CCCCCCCC/C=C\CCCCCCCC(=O)[O-].CCCCCCCC/C=C\CCCCCCCC(=O)[O-].CCCCCCCC/C=C\CCCCCCCC(=O)[O-].CCCCCCCC/C=C\CCCCCCCC(=O)[O-].[Sn+2].[Sn+4]. The summed E-state index contributed by atoms with van der Waals surface area (Å²) >= 11 is 0. The Morgan fingerprint density at radius 3 is 0.480 bits per heavy atom. The Hall–Kier alpha value is -2.62. The van der Waals surface area contributed by atoms with Crippen molar-refractivity contribution < 1.29 is 59.4 Å². The van der Waals surface area contributed by atoms with E-state index in [0.717, 1.165) is 116 Å². The fourth-order valence-corrected chi connectivity index (χ4v) is 11.2. The van der Waals surface area contributed by atoms with Gasteiger partial charge in [0.05, 0.1) is 0 Å². The van der Waals surface area contributed by atoms with E-state index in [1.807, 2.05) is 13.8 Å². The molecule has 0 aliphatic carbocycles. The minimum atomic E-state index is -0.914. The van der Waals surface area contributed by atoms with Gasteiger partial charge in [-0.15, -0.1) is 0 Å². The van der Waals surface area contributed by atoms with Crippen LogP contribution in [0, 0.1) is 11.8 Å². The normalized spacial score (nSPS) is 11.4. The number of carboxylic acid groups (broad SMARTS) is 6. The van der Waals surface area contributed by atoms with E-state index in [2.05, 4.69) is 90.2 Å². The molecule has 0 aromatic rings. The Bertz CT molecular complexity index is 1560. The molecular formula is C88H162O12Sn2. The Morgan fingerprint density at radius 2 is 0.353 bits per heavy atom. The van der Waals surface area contributed by atoms with Crippen molar-refractivity contribution in [3.05, 3.63) is 48.6 Å². The summed E-state index contributed by atoms with van der Waals surface area (Å²) in [6, 6.07) is 0. The van der Waals surface area contributed by atoms with Crippen molar-refractivity contribution in [2.45, 2.75) is 466 Å². The molecular weight excluding hydrogens is 1490 g/mol. The first-order valence-corrected chi connectivity index (χ1v) is 42.3. The first-order chi connectivity index (χ1) is 48.5. The van der Waals surface area contributed by atoms with E-state index in [1.54, 1.807) is 0 Å². The predicted octanol–water partition coefficient (Wildman–Crippen LogP) is 20.2. The quantitative estimate of drug-likeness (QED) is 0.0314. The number of unbranched alkanes of at least 4 members (excludes halogenated alkanes) is 46. The fourth-order valence-electron chi connectivity index (χ4n) is 11.2. The third kappa shape index (κ3) is 124. The van der Waals surface area contributed by atoms with Gasteiger partial charge in [-0.25, -0.2) is 0 Å². The van der Waals surface area contributed by atoms with Crippen LogP contribution in [0.2, 0.25) is 0 Å². The van der Waals surface area contributed by atoms with E-state index < -0.39 is 35.8 Å². The van der Waals surface area contributed by atoms with Gasteiger partial charge >= 0.3 is 47.8 Å². The van der Waals surface area contributed by atoms with Crippen LogP contribution in [0.25, 0.3) is 0 Å². The maximum Gasteiger partial charge on any atom is 4.00 e.